The summed E-state index contributed by atoms with van der Waals surface area (Å²) in [7, 11) is 0. The fourth-order valence-electron chi connectivity index (χ4n) is 3.71. The molecule has 2 atom stereocenters. The lowest BCUT2D eigenvalue weighted by Gasteiger charge is -2.27. The van der Waals surface area contributed by atoms with Crippen molar-refractivity contribution < 1.29 is 0 Å². The van der Waals surface area contributed by atoms with E-state index >= 15 is 0 Å². The first-order chi connectivity index (χ1) is 11.8. The van der Waals surface area contributed by atoms with Gasteiger partial charge in [-0.25, -0.2) is 4.98 Å². The second kappa shape index (κ2) is 7.02. The molecule has 2 aliphatic rings. The third-order valence-electron chi connectivity index (χ3n) is 5.37. The molecule has 0 aliphatic heterocycles. The van der Waals surface area contributed by atoms with Crippen LogP contribution in [-0.4, -0.2) is 17.1 Å². The lowest BCUT2D eigenvalue weighted by atomic mass is 9.93. The molecule has 2 saturated carbocycles. The minimum absolute atomic E-state index is 0.526. The van der Waals surface area contributed by atoms with Crippen molar-refractivity contribution in [2.75, 3.05) is 10.6 Å². The van der Waals surface area contributed by atoms with E-state index in [1.54, 1.807) is 0 Å². The Balaban J connectivity index is 1.31. The highest BCUT2D eigenvalue weighted by Gasteiger charge is 2.25. The van der Waals surface area contributed by atoms with Crippen molar-refractivity contribution in [3.05, 3.63) is 53.2 Å². The molecule has 0 spiro atoms. The van der Waals surface area contributed by atoms with Crippen LogP contribution in [0.4, 0.5) is 11.5 Å². The van der Waals surface area contributed by atoms with Crippen molar-refractivity contribution in [3.63, 3.8) is 0 Å². The van der Waals surface area contributed by atoms with E-state index in [0.717, 1.165) is 16.5 Å². The molecule has 2 N–H and O–H groups in total. The summed E-state index contributed by atoms with van der Waals surface area (Å²) in [6.07, 6.45) is 9.45. The van der Waals surface area contributed by atoms with Crippen LogP contribution in [0.1, 0.15) is 50.0 Å². The normalized spacial score (nSPS) is 23.7. The van der Waals surface area contributed by atoms with Gasteiger partial charge in [0.05, 0.1) is 11.9 Å². The molecular weight excluding hydrogens is 318 g/mol. The van der Waals surface area contributed by atoms with Gasteiger partial charge in [-0.15, -0.1) is 0 Å². The maximum Gasteiger partial charge on any atom is 0.126 e. The van der Waals surface area contributed by atoms with Gasteiger partial charge in [0.2, 0.25) is 0 Å². The van der Waals surface area contributed by atoms with Crippen LogP contribution in [-0.2, 0) is 0 Å². The highest BCUT2D eigenvalue weighted by molar-refractivity contribution is 6.30. The zero-order valence-electron chi connectivity index (χ0n) is 13.8. The molecule has 3 nitrogen and oxygen atoms in total. The van der Waals surface area contributed by atoms with Gasteiger partial charge in [-0.3, -0.25) is 0 Å². The number of anilines is 2. The Labute approximate surface area is 148 Å². The monoisotopic (exact) mass is 341 g/mol. The van der Waals surface area contributed by atoms with Gasteiger partial charge in [0.15, 0.2) is 0 Å². The van der Waals surface area contributed by atoms with Crippen molar-refractivity contribution in [3.8, 4) is 0 Å². The summed E-state index contributed by atoms with van der Waals surface area (Å²) in [5, 5.41) is 7.94. The molecule has 2 unspecified atom stereocenters. The van der Waals surface area contributed by atoms with Crippen LogP contribution < -0.4 is 10.6 Å². The van der Waals surface area contributed by atoms with Gasteiger partial charge in [0, 0.05) is 17.1 Å². The minimum atomic E-state index is 0.526. The van der Waals surface area contributed by atoms with Crippen molar-refractivity contribution in [1.82, 2.24) is 4.98 Å². The summed E-state index contributed by atoms with van der Waals surface area (Å²) in [6, 6.07) is 13.7. The molecule has 1 heterocycles. The molecule has 1 aromatic heterocycles. The Morgan fingerprint density at radius 2 is 1.71 bits per heavy atom. The van der Waals surface area contributed by atoms with Crippen LogP contribution in [0.25, 0.3) is 0 Å². The molecule has 2 fully saturated rings. The van der Waals surface area contributed by atoms with Gasteiger partial charge in [0.1, 0.15) is 5.82 Å². The zero-order chi connectivity index (χ0) is 16.4. The number of nitrogens with one attached hydrogen (secondary N) is 2. The van der Waals surface area contributed by atoms with Crippen LogP contribution >= 0.6 is 11.6 Å². The molecule has 0 radical (unpaired) electrons. The van der Waals surface area contributed by atoms with Gasteiger partial charge in [-0.2, -0.15) is 0 Å². The second-order valence-electron chi connectivity index (χ2n) is 7.11. The highest BCUT2D eigenvalue weighted by atomic mass is 35.5. The van der Waals surface area contributed by atoms with E-state index in [9.17, 15) is 0 Å². The van der Waals surface area contributed by atoms with Crippen LogP contribution in [0, 0.1) is 0 Å². The predicted octanol–water partition coefficient (Wildman–Crippen LogP) is 5.45. The average molecular weight is 342 g/mol. The van der Waals surface area contributed by atoms with Crippen LogP contribution in [0.15, 0.2) is 42.6 Å². The molecule has 2 aromatic rings. The molecule has 0 saturated heterocycles. The van der Waals surface area contributed by atoms with Gasteiger partial charge in [0.25, 0.3) is 0 Å². The summed E-state index contributed by atoms with van der Waals surface area (Å²) in [5.74, 6) is 1.63. The van der Waals surface area contributed by atoms with Crippen molar-refractivity contribution in [2.45, 2.75) is 56.5 Å². The summed E-state index contributed by atoms with van der Waals surface area (Å²) >= 11 is 5.99. The first-order valence-corrected chi connectivity index (χ1v) is 9.38. The van der Waals surface area contributed by atoms with Crippen molar-refractivity contribution >= 4 is 23.1 Å². The third kappa shape index (κ3) is 3.67. The molecule has 1 aromatic carbocycles. The topological polar surface area (TPSA) is 37.0 Å². The van der Waals surface area contributed by atoms with Crippen LogP contribution in [0.2, 0.25) is 5.02 Å². The molecule has 2 aliphatic carbocycles. The Hall–Kier alpha value is -1.74. The minimum Gasteiger partial charge on any atom is -0.381 e. The number of rotatable bonds is 5. The summed E-state index contributed by atoms with van der Waals surface area (Å²) in [4.78, 5) is 4.54. The molecule has 126 valence electrons. The van der Waals surface area contributed by atoms with Crippen molar-refractivity contribution in [2.24, 2.45) is 0 Å². The number of benzene rings is 1. The molecule has 0 bridgehead atoms. The van der Waals surface area contributed by atoms with Crippen molar-refractivity contribution in [1.29, 1.82) is 0 Å². The fourth-order valence-corrected chi connectivity index (χ4v) is 3.84. The standard InChI is InChI=1S/C20H24ClN3/c21-16-7-4-14(5-8-16)15-6-9-18(12-15)23-19-10-11-20(22-13-19)24-17-2-1-3-17/h4-5,7-8,10-11,13,15,17-18,23H,1-3,6,9,12H2,(H,22,24). The highest BCUT2D eigenvalue weighted by Crippen LogP contribution is 2.36. The lowest BCUT2D eigenvalue weighted by molar-refractivity contribution is 0.444. The maximum absolute atomic E-state index is 5.99. The van der Waals surface area contributed by atoms with E-state index in [4.69, 9.17) is 11.6 Å². The van der Waals surface area contributed by atoms with E-state index in [-0.39, 0.29) is 0 Å². The first kappa shape index (κ1) is 15.8. The number of hydrogen-bond acceptors (Lipinski definition) is 3. The summed E-state index contributed by atoms with van der Waals surface area (Å²) in [6.45, 7) is 0. The van der Waals surface area contributed by atoms with E-state index in [1.807, 2.05) is 18.3 Å². The number of pyridine rings is 1. The van der Waals surface area contributed by atoms with Gasteiger partial charge in [-0.05, 0) is 74.3 Å². The fraction of sp³-hybridized carbons (Fsp3) is 0.450. The van der Waals surface area contributed by atoms with Gasteiger partial charge >= 0.3 is 0 Å². The van der Waals surface area contributed by atoms with E-state index in [2.05, 4.69) is 39.9 Å². The quantitative estimate of drug-likeness (QED) is 0.759. The maximum atomic E-state index is 5.99. The molecular formula is C20H24ClN3. The van der Waals surface area contributed by atoms with Gasteiger partial charge < -0.3 is 10.6 Å². The Morgan fingerprint density at radius 3 is 2.38 bits per heavy atom. The molecule has 4 heteroatoms. The Bertz CT molecular complexity index is 664. The lowest BCUT2D eigenvalue weighted by Crippen LogP contribution is -2.27. The SMILES string of the molecule is Clc1ccc(C2CCC(Nc3ccc(NC4CCC4)nc3)C2)cc1. The van der Waals surface area contributed by atoms with Crippen LogP contribution in [0.3, 0.4) is 0 Å². The first-order valence-electron chi connectivity index (χ1n) is 9.01. The van der Waals surface area contributed by atoms with E-state index < -0.39 is 0 Å². The van der Waals surface area contributed by atoms with Crippen LogP contribution in [0.5, 0.6) is 0 Å². The Morgan fingerprint density at radius 1 is 0.875 bits per heavy atom. The predicted molar refractivity (Wildman–Crippen MR) is 101 cm³/mol. The third-order valence-corrected chi connectivity index (χ3v) is 5.62. The molecule has 24 heavy (non-hydrogen) atoms. The number of hydrogen-bond donors (Lipinski definition) is 2. The second-order valence-corrected chi connectivity index (χ2v) is 7.54. The molecule has 0 amide bonds. The van der Waals surface area contributed by atoms with Gasteiger partial charge in [-0.1, -0.05) is 23.7 Å². The number of aromatic nitrogens is 1. The Kier molecular flexibility index (Phi) is 4.61. The number of halogens is 1. The van der Waals surface area contributed by atoms with E-state index in [1.165, 1.54) is 44.1 Å². The molecule has 4 rings (SSSR count). The van der Waals surface area contributed by atoms with E-state index in [0.29, 0.717) is 18.0 Å². The summed E-state index contributed by atoms with van der Waals surface area (Å²) < 4.78 is 0. The largest absolute Gasteiger partial charge is 0.381 e. The summed E-state index contributed by atoms with van der Waals surface area (Å²) in [5.41, 5.74) is 2.53. The zero-order valence-corrected chi connectivity index (χ0v) is 14.6. The number of nitrogens with zero attached hydrogens (tertiary/aromatic N) is 1. The average Bonchev–Trinajstić information content (AvgIpc) is 3.02. The smallest absolute Gasteiger partial charge is 0.126 e.